The van der Waals surface area contributed by atoms with Crippen molar-refractivity contribution in [2.75, 3.05) is 0 Å². The molecule has 7 nitrogen and oxygen atoms in total. The van der Waals surface area contributed by atoms with E-state index >= 15 is 0 Å². The molecular formula is C11H13IN2O5S. The van der Waals surface area contributed by atoms with Crippen LogP contribution in [0.3, 0.4) is 0 Å². The van der Waals surface area contributed by atoms with Gasteiger partial charge in [-0.15, -0.1) is 0 Å². The minimum atomic E-state index is -3.90. The molecule has 1 aromatic carbocycles. The van der Waals surface area contributed by atoms with Crippen molar-refractivity contribution >= 4 is 44.5 Å². The lowest BCUT2D eigenvalue weighted by molar-refractivity contribution is -0.118. The maximum absolute atomic E-state index is 12.1. The van der Waals surface area contributed by atoms with Gasteiger partial charge in [0.05, 0.1) is 10.5 Å². The van der Waals surface area contributed by atoms with Gasteiger partial charge in [-0.25, -0.2) is 17.9 Å². The van der Waals surface area contributed by atoms with Crippen molar-refractivity contribution in [3.63, 3.8) is 0 Å². The zero-order valence-corrected chi connectivity index (χ0v) is 13.4. The Balaban J connectivity index is 3.07. The van der Waals surface area contributed by atoms with Gasteiger partial charge in [0.1, 0.15) is 0 Å². The predicted molar refractivity (Wildman–Crippen MR) is 79.7 cm³/mol. The van der Waals surface area contributed by atoms with Gasteiger partial charge in [0, 0.05) is 16.0 Å². The number of carbonyl (C=O) groups is 2. The zero-order chi connectivity index (χ0) is 15.5. The SMILES string of the molecule is CC(CC(N)=O)NS(=O)(=O)c1ccc(I)c(C(=O)O)c1. The Morgan fingerprint density at radius 3 is 2.55 bits per heavy atom. The van der Waals surface area contributed by atoms with Crippen LogP contribution in [0, 0.1) is 3.57 Å². The lowest BCUT2D eigenvalue weighted by Gasteiger charge is -2.13. The van der Waals surface area contributed by atoms with Crippen LogP contribution in [0.1, 0.15) is 23.7 Å². The number of carbonyl (C=O) groups excluding carboxylic acids is 1. The molecule has 0 radical (unpaired) electrons. The maximum atomic E-state index is 12.1. The normalized spacial score (nSPS) is 12.9. The van der Waals surface area contributed by atoms with Gasteiger partial charge in [0.25, 0.3) is 0 Å². The molecule has 9 heteroatoms. The molecule has 0 saturated heterocycles. The summed E-state index contributed by atoms with van der Waals surface area (Å²) in [5.74, 6) is -1.84. The van der Waals surface area contributed by atoms with Crippen molar-refractivity contribution in [2.45, 2.75) is 24.3 Å². The first-order valence-corrected chi connectivity index (χ1v) is 8.03. The molecule has 1 rings (SSSR count). The topological polar surface area (TPSA) is 127 Å². The lowest BCUT2D eigenvalue weighted by atomic mass is 10.2. The minimum Gasteiger partial charge on any atom is -0.478 e. The first kappa shape index (κ1) is 16.9. The van der Waals surface area contributed by atoms with E-state index in [-0.39, 0.29) is 16.9 Å². The molecule has 0 aliphatic heterocycles. The molecule has 1 unspecified atom stereocenters. The van der Waals surface area contributed by atoms with Crippen LogP contribution in [-0.2, 0) is 14.8 Å². The van der Waals surface area contributed by atoms with Crippen LogP contribution in [0.4, 0.5) is 0 Å². The number of benzene rings is 1. The predicted octanol–water partition coefficient (Wildman–Crippen LogP) is 0.532. The van der Waals surface area contributed by atoms with E-state index in [4.69, 9.17) is 10.8 Å². The van der Waals surface area contributed by atoms with Gasteiger partial charge in [0.15, 0.2) is 0 Å². The number of sulfonamides is 1. The Morgan fingerprint density at radius 1 is 1.45 bits per heavy atom. The summed E-state index contributed by atoms with van der Waals surface area (Å²) in [6, 6.07) is 3.10. The number of carboxylic acids is 1. The Labute approximate surface area is 129 Å². The molecular weight excluding hydrogens is 399 g/mol. The molecule has 1 amide bonds. The maximum Gasteiger partial charge on any atom is 0.336 e. The summed E-state index contributed by atoms with van der Waals surface area (Å²) in [7, 11) is -3.90. The van der Waals surface area contributed by atoms with Gasteiger partial charge in [-0.2, -0.15) is 0 Å². The summed E-state index contributed by atoms with van der Waals surface area (Å²) < 4.78 is 26.8. The quantitative estimate of drug-likeness (QED) is 0.588. The Bertz CT molecular complexity index is 644. The molecule has 0 aliphatic rings. The molecule has 20 heavy (non-hydrogen) atoms. The third-order valence-corrected chi connectivity index (χ3v) is 4.87. The van der Waals surface area contributed by atoms with Gasteiger partial charge in [-0.1, -0.05) is 0 Å². The number of carboxylic acid groups (broad SMARTS) is 1. The molecule has 0 aromatic heterocycles. The van der Waals surface area contributed by atoms with Crippen molar-refractivity contribution < 1.29 is 23.1 Å². The second-order valence-electron chi connectivity index (χ2n) is 4.14. The van der Waals surface area contributed by atoms with Crippen LogP contribution < -0.4 is 10.5 Å². The summed E-state index contributed by atoms with van der Waals surface area (Å²) in [5.41, 5.74) is 4.88. The molecule has 4 N–H and O–H groups in total. The summed E-state index contributed by atoms with van der Waals surface area (Å²) in [6.45, 7) is 1.49. The second-order valence-corrected chi connectivity index (χ2v) is 7.02. The van der Waals surface area contributed by atoms with Gasteiger partial charge in [0.2, 0.25) is 15.9 Å². The van der Waals surface area contributed by atoms with Crippen LogP contribution in [0.25, 0.3) is 0 Å². The van der Waals surface area contributed by atoms with Gasteiger partial charge >= 0.3 is 5.97 Å². The second kappa shape index (κ2) is 6.50. The van der Waals surface area contributed by atoms with Gasteiger partial charge < -0.3 is 10.8 Å². The van der Waals surface area contributed by atoms with E-state index in [9.17, 15) is 18.0 Å². The molecule has 0 saturated carbocycles. The lowest BCUT2D eigenvalue weighted by Crippen LogP contribution is -2.35. The molecule has 0 spiro atoms. The fourth-order valence-corrected chi connectivity index (χ4v) is 3.35. The highest BCUT2D eigenvalue weighted by Gasteiger charge is 2.21. The van der Waals surface area contributed by atoms with E-state index < -0.39 is 27.9 Å². The van der Waals surface area contributed by atoms with Gasteiger partial charge in [-0.3, -0.25) is 4.79 Å². The molecule has 1 aromatic rings. The molecule has 0 aliphatic carbocycles. The first-order chi connectivity index (χ1) is 9.13. The first-order valence-electron chi connectivity index (χ1n) is 5.47. The number of hydrogen-bond donors (Lipinski definition) is 3. The van der Waals surface area contributed by atoms with E-state index in [1.54, 1.807) is 22.6 Å². The number of aromatic carboxylic acids is 1. The Morgan fingerprint density at radius 2 is 2.05 bits per heavy atom. The smallest absolute Gasteiger partial charge is 0.336 e. The van der Waals surface area contributed by atoms with Crippen molar-refractivity contribution in [1.29, 1.82) is 0 Å². The van der Waals surface area contributed by atoms with Crippen molar-refractivity contribution in [3.8, 4) is 0 Å². The third-order valence-electron chi connectivity index (χ3n) is 2.34. The van der Waals surface area contributed by atoms with Crippen LogP contribution in [0.15, 0.2) is 23.1 Å². The number of hydrogen-bond acceptors (Lipinski definition) is 4. The van der Waals surface area contributed by atoms with Crippen molar-refractivity contribution in [1.82, 2.24) is 4.72 Å². The number of rotatable bonds is 6. The highest BCUT2D eigenvalue weighted by Crippen LogP contribution is 2.18. The Kier molecular flexibility index (Phi) is 5.48. The van der Waals surface area contributed by atoms with Crippen LogP contribution in [0.5, 0.6) is 0 Å². The summed E-state index contributed by atoms with van der Waals surface area (Å²) in [5, 5.41) is 8.98. The average Bonchev–Trinajstić information content (AvgIpc) is 2.26. The van der Waals surface area contributed by atoms with E-state index in [1.165, 1.54) is 19.1 Å². The van der Waals surface area contributed by atoms with E-state index in [2.05, 4.69) is 4.72 Å². The van der Waals surface area contributed by atoms with Crippen molar-refractivity contribution in [3.05, 3.63) is 27.3 Å². The fraction of sp³-hybridized carbons (Fsp3) is 0.273. The Hall–Kier alpha value is -1.20. The standard InChI is InChI=1S/C11H13IN2O5S/c1-6(4-10(13)15)14-20(18,19)7-2-3-9(12)8(5-7)11(16)17/h2-3,5-6,14H,4H2,1H3,(H2,13,15)(H,16,17). The number of nitrogens with one attached hydrogen (secondary N) is 1. The van der Waals surface area contributed by atoms with Crippen LogP contribution in [-0.4, -0.2) is 31.4 Å². The summed E-state index contributed by atoms with van der Waals surface area (Å²) in [6.07, 6.45) is -0.143. The zero-order valence-electron chi connectivity index (χ0n) is 10.5. The molecule has 1 atom stereocenters. The monoisotopic (exact) mass is 412 g/mol. The molecule has 0 fully saturated rings. The van der Waals surface area contributed by atoms with Gasteiger partial charge in [-0.05, 0) is 47.7 Å². The average molecular weight is 412 g/mol. The van der Waals surface area contributed by atoms with Crippen molar-refractivity contribution in [2.24, 2.45) is 5.73 Å². The largest absolute Gasteiger partial charge is 0.478 e. The van der Waals surface area contributed by atoms with E-state index in [0.717, 1.165) is 6.07 Å². The summed E-state index contributed by atoms with van der Waals surface area (Å²) in [4.78, 5) is 21.5. The van der Waals surface area contributed by atoms with Crippen LogP contribution >= 0.6 is 22.6 Å². The molecule has 110 valence electrons. The third kappa shape index (κ3) is 4.42. The number of amides is 1. The highest BCUT2D eigenvalue weighted by atomic mass is 127. The number of primary amides is 1. The fourth-order valence-electron chi connectivity index (χ4n) is 1.51. The molecule has 0 heterocycles. The molecule has 0 bridgehead atoms. The van der Waals surface area contributed by atoms with Crippen LogP contribution in [0.2, 0.25) is 0 Å². The highest BCUT2D eigenvalue weighted by molar-refractivity contribution is 14.1. The van der Waals surface area contributed by atoms with E-state index in [1.807, 2.05) is 0 Å². The number of nitrogens with two attached hydrogens (primary N) is 1. The van der Waals surface area contributed by atoms with E-state index in [0.29, 0.717) is 3.57 Å². The summed E-state index contributed by atoms with van der Waals surface area (Å²) >= 11 is 1.80. The number of halogens is 1. The minimum absolute atomic E-state index is 0.101.